The van der Waals surface area contributed by atoms with E-state index < -0.39 is 94.6 Å². The summed E-state index contributed by atoms with van der Waals surface area (Å²) in [6.07, 6.45) is -2.79. The van der Waals surface area contributed by atoms with Gasteiger partial charge < -0.3 is 69.8 Å². The van der Waals surface area contributed by atoms with E-state index in [0.717, 1.165) is 47.5 Å². The summed E-state index contributed by atoms with van der Waals surface area (Å²) in [4.78, 5) is 101. The molecule has 2 fully saturated rings. The fourth-order valence-electron chi connectivity index (χ4n) is 7.73. The molecule has 30 nitrogen and oxygen atoms in total. The van der Waals surface area contributed by atoms with Crippen molar-refractivity contribution in [2.24, 2.45) is 14.1 Å². The van der Waals surface area contributed by atoms with Crippen LogP contribution >= 0.6 is 23.5 Å². The van der Waals surface area contributed by atoms with E-state index in [1.54, 1.807) is 14.1 Å². The molecule has 4 aliphatic heterocycles. The maximum atomic E-state index is 13.2. The summed E-state index contributed by atoms with van der Waals surface area (Å²) >= 11 is 2.22. The number of tetrazole rings is 2. The summed E-state index contributed by atoms with van der Waals surface area (Å²) in [5.74, 6) is -14.2. The number of hydrogen-bond acceptors (Lipinski definition) is 24. The average Bonchev–Trinajstić information content (AvgIpc) is 3.97. The van der Waals surface area contributed by atoms with E-state index in [1.165, 1.54) is 57.9 Å². The summed E-state index contributed by atoms with van der Waals surface area (Å²) in [7, 11) is 5.37. The minimum absolute atomic E-state index is 0. The molecule has 2 aromatic heterocycles. The number of carbonyl (C=O) groups is 8. The standard InChI is InChI=1S/2C20H20N6O9S.2Na/c2*1-25-19(22-23-24-25)36-8-10-7-35-18-20(34-2,17(33)26(18)13(10)16(31)32)21-14(28)12(15(29)30)9-3-5-11(27)6-4-9;;/h2*3-6,12,18,27H,7-8H2,1-2H3,(H,21,28)(H,29,30)(H,31,32);;/q;;2*+1/p-2. The van der Waals surface area contributed by atoms with E-state index >= 15 is 0 Å². The van der Waals surface area contributed by atoms with Crippen LogP contribution in [-0.4, -0.2) is 181 Å². The van der Waals surface area contributed by atoms with Crippen molar-refractivity contribution in [2.45, 2.75) is 46.1 Å². The van der Waals surface area contributed by atoms with Gasteiger partial charge in [-0.25, -0.2) is 9.36 Å². The van der Waals surface area contributed by atoms with Crippen molar-refractivity contribution in [3.05, 3.63) is 82.2 Å². The zero-order valence-electron chi connectivity index (χ0n) is 39.5. The fraction of sp³-hybridized carbons (Fsp3) is 0.350. The quantitative estimate of drug-likeness (QED) is 0.0177. The summed E-state index contributed by atoms with van der Waals surface area (Å²) in [6, 6.07) is 9.80. The van der Waals surface area contributed by atoms with Gasteiger partial charge in [0.2, 0.25) is 22.1 Å². The van der Waals surface area contributed by atoms with Crippen molar-refractivity contribution < 1.29 is 147 Å². The molecule has 2 saturated heterocycles. The summed E-state index contributed by atoms with van der Waals surface area (Å²) in [5.41, 5.74) is -4.77. The monoisotopic (exact) mass is 1080 g/mol. The second-order valence-corrected chi connectivity index (χ2v) is 17.4. The molecule has 0 aliphatic carbocycles. The third-order valence-electron chi connectivity index (χ3n) is 11.3. The van der Waals surface area contributed by atoms with Crippen LogP contribution in [0, 0.1) is 0 Å². The van der Waals surface area contributed by atoms with Crippen molar-refractivity contribution in [1.82, 2.24) is 60.8 Å². The number of β-lactam (4-membered cyclic amide) rings is 2. The number of hydrogen-bond donors (Lipinski definition) is 6. The molecule has 4 aromatic rings. The molecule has 6 heterocycles. The first-order valence-electron chi connectivity index (χ1n) is 20.5. The number of carboxylic acid groups (broad SMARTS) is 4. The minimum atomic E-state index is -2.17. The molecule has 0 radical (unpaired) electrons. The van der Waals surface area contributed by atoms with Crippen LogP contribution in [0.15, 0.2) is 81.4 Å². The molecular weight excluding hydrogens is 1050 g/mol. The Kier molecular flexibility index (Phi) is 19.2. The van der Waals surface area contributed by atoms with Crippen LogP contribution in [0.4, 0.5) is 0 Å². The number of nitrogens with zero attached hydrogens (tertiary/aromatic N) is 10. The number of phenolic OH excluding ortho intramolecular Hbond substituents is 2. The maximum absolute atomic E-state index is 13.2. The van der Waals surface area contributed by atoms with Crippen molar-refractivity contribution in [2.75, 3.05) is 38.9 Å². The van der Waals surface area contributed by atoms with Gasteiger partial charge in [0.25, 0.3) is 23.3 Å². The number of benzene rings is 2. The number of thioether (sulfide) groups is 2. The summed E-state index contributed by atoms with van der Waals surface area (Å²) < 4.78 is 24.6. The molecule has 0 bridgehead atoms. The van der Waals surface area contributed by atoms with Gasteiger partial charge in [-0.1, -0.05) is 47.8 Å². The molecular formula is C40H38N12Na2O18S2. The van der Waals surface area contributed by atoms with E-state index in [0.29, 0.717) is 10.3 Å². The Labute approximate surface area is 468 Å². The second kappa shape index (κ2) is 24.1. The molecule has 6 atom stereocenters. The van der Waals surface area contributed by atoms with Gasteiger partial charge in [-0.2, -0.15) is 0 Å². The summed E-state index contributed by atoms with van der Waals surface area (Å²) in [6.45, 7) is -0.505. The smallest absolute Gasteiger partial charge is 0.543 e. The van der Waals surface area contributed by atoms with Crippen LogP contribution in [0.3, 0.4) is 0 Å². The Hall–Kier alpha value is -6.04. The molecule has 74 heavy (non-hydrogen) atoms. The number of methoxy groups -OCH3 is 2. The largest absolute Gasteiger partial charge is 1.00 e. The van der Waals surface area contributed by atoms with Gasteiger partial charge in [0.15, 0.2) is 24.3 Å². The number of carboxylic acids is 4. The van der Waals surface area contributed by atoms with Crippen LogP contribution in [-0.2, 0) is 71.4 Å². The van der Waals surface area contributed by atoms with E-state index in [1.807, 2.05) is 0 Å². The molecule has 0 spiro atoms. The van der Waals surface area contributed by atoms with Gasteiger partial charge in [-0.15, -0.1) is 10.2 Å². The number of amides is 4. The number of aromatic nitrogens is 8. The number of ether oxygens (including phenoxy) is 4. The van der Waals surface area contributed by atoms with Gasteiger partial charge in [-0.05, 0) is 67.4 Å². The van der Waals surface area contributed by atoms with Crippen LogP contribution in [0.25, 0.3) is 0 Å². The molecule has 34 heteroatoms. The molecule has 380 valence electrons. The number of fused-ring (bicyclic) bond motifs is 2. The SMILES string of the molecule is COC1(NC(=O)C(C(=O)O)c2ccc(O)cc2)C(=O)N2C(C(=O)[O-])=C(CSc3nnnn3C)COC21.COC1(NC(=O)C(C(=O)O)c2ccc(O)cc2)C(=O)N2C(C(=O)[O-])=C(CSc3nnnn3C)COC21.[Na+].[Na+]. The Morgan fingerprint density at radius 2 is 1.01 bits per heavy atom. The molecule has 6 N–H and O–H groups in total. The third kappa shape index (κ3) is 11.2. The van der Waals surface area contributed by atoms with Crippen molar-refractivity contribution in [1.29, 1.82) is 0 Å². The zero-order chi connectivity index (χ0) is 52.4. The first kappa shape index (κ1) is 58.8. The average molecular weight is 1080 g/mol. The molecule has 8 rings (SSSR count). The summed E-state index contributed by atoms with van der Waals surface area (Å²) in [5, 5.41) is 89.3. The van der Waals surface area contributed by atoms with Crippen LogP contribution < -0.4 is 80.0 Å². The minimum Gasteiger partial charge on any atom is -0.543 e. The van der Waals surface area contributed by atoms with Gasteiger partial charge in [0.05, 0.1) is 36.5 Å². The second-order valence-electron chi connectivity index (χ2n) is 15.5. The Morgan fingerprint density at radius 3 is 1.28 bits per heavy atom. The van der Waals surface area contributed by atoms with Crippen LogP contribution in [0.2, 0.25) is 0 Å². The number of nitrogens with one attached hydrogen (secondary N) is 2. The van der Waals surface area contributed by atoms with Crippen molar-refractivity contribution in [3.8, 4) is 11.5 Å². The number of aliphatic carboxylic acids is 4. The Bertz CT molecular complexity index is 2730. The topological polar surface area (TPSA) is 418 Å². The maximum Gasteiger partial charge on any atom is 1.00 e. The number of carbonyl (C=O) groups excluding carboxylic acids is 6. The molecule has 6 unspecified atom stereocenters. The Morgan fingerprint density at radius 1 is 0.676 bits per heavy atom. The molecule has 2 aromatic carbocycles. The Balaban J connectivity index is 0.000000267. The van der Waals surface area contributed by atoms with E-state index in [-0.39, 0.29) is 118 Å². The zero-order valence-corrected chi connectivity index (χ0v) is 45.2. The normalized spacial score (nSPS) is 21.4. The van der Waals surface area contributed by atoms with Crippen LogP contribution in [0.5, 0.6) is 11.5 Å². The molecule has 4 aliphatic rings. The fourth-order valence-corrected chi connectivity index (χ4v) is 9.41. The number of aromatic hydroxyl groups is 2. The number of aryl methyl sites for hydroxylation is 2. The predicted octanol–water partition coefficient (Wildman–Crippen LogP) is -10.9. The van der Waals surface area contributed by atoms with Gasteiger partial charge in [0, 0.05) is 39.8 Å². The molecule has 4 amide bonds. The predicted molar refractivity (Wildman–Crippen MR) is 229 cm³/mol. The van der Waals surface area contributed by atoms with Crippen LogP contribution in [0.1, 0.15) is 23.0 Å². The van der Waals surface area contributed by atoms with Gasteiger partial charge in [-0.3, -0.25) is 38.6 Å². The third-order valence-corrected chi connectivity index (χ3v) is 13.4. The van der Waals surface area contributed by atoms with Gasteiger partial charge in [0.1, 0.15) is 11.5 Å². The van der Waals surface area contributed by atoms with E-state index in [4.69, 9.17) is 18.9 Å². The number of rotatable bonds is 18. The van der Waals surface area contributed by atoms with Crippen molar-refractivity contribution >= 4 is 71.0 Å². The van der Waals surface area contributed by atoms with E-state index in [9.17, 15) is 69.0 Å². The molecule has 0 saturated carbocycles. The van der Waals surface area contributed by atoms with Crippen molar-refractivity contribution in [3.63, 3.8) is 0 Å². The number of phenols is 2. The first-order valence-corrected chi connectivity index (χ1v) is 22.4. The first-order chi connectivity index (χ1) is 34.2. The van der Waals surface area contributed by atoms with E-state index in [2.05, 4.69) is 41.7 Å². The van der Waals surface area contributed by atoms with Gasteiger partial charge >= 0.3 is 71.1 Å².